The van der Waals surface area contributed by atoms with Crippen LogP contribution < -0.4 is 5.32 Å². The van der Waals surface area contributed by atoms with Gasteiger partial charge >= 0.3 is 0 Å². The topological polar surface area (TPSA) is 49.4 Å². The zero-order valence-electron chi connectivity index (χ0n) is 12.3. The molecule has 0 unspecified atom stereocenters. The maximum atomic E-state index is 12.1. The Bertz CT molecular complexity index is 769. The minimum atomic E-state index is -0.141. The highest BCUT2D eigenvalue weighted by molar-refractivity contribution is 7.16. The number of benzene rings is 1. The Kier molecular flexibility index (Phi) is 4.79. The van der Waals surface area contributed by atoms with Gasteiger partial charge in [0.2, 0.25) is 11.8 Å². The average molecular weight is 347 g/mol. The van der Waals surface area contributed by atoms with E-state index in [9.17, 15) is 9.59 Å². The Morgan fingerprint density at radius 2 is 2.17 bits per heavy atom. The first-order valence-corrected chi connectivity index (χ1v) is 8.41. The van der Waals surface area contributed by atoms with Gasteiger partial charge < -0.3 is 10.2 Å². The zero-order chi connectivity index (χ0) is 16.2. The molecule has 1 aromatic carbocycles. The van der Waals surface area contributed by atoms with E-state index in [1.807, 2.05) is 36.4 Å². The molecule has 1 aromatic heterocycles. The Balaban J connectivity index is 1.69. The van der Waals surface area contributed by atoms with Gasteiger partial charge in [0.15, 0.2) is 0 Å². The van der Waals surface area contributed by atoms with Crippen LogP contribution in [0.4, 0.5) is 0 Å². The van der Waals surface area contributed by atoms with E-state index in [-0.39, 0.29) is 18.4 Å². The minimum Gasteiger partial charge on any atom is -0.353 e. The van der Waals surface area contributed by atoms with Crippen molar-refractivity contribution >= 4 is 40.8 Å². The van der Waals surface area contributed by atoms with Gasteiger partial charge in [-0.1, -0.05) is 23.7 Å². The number of carbonyl (C=O) groups excluding carboxylic acids is 2. The van der Waals surface area contributed by atoms with Crippen molar-refractivity contribution in [3.8, 4) is 10.4 Å². The van der Waals surface area contributed by atoms with Crippen LogP contribution in [0.25, 0.3) is 16.5 Å². The fourth-order valence-corrected chi connectivity index (χ4v) is 3.42. The summed E-state index contributed by atoms with van der Waals surface area (Å²) in [6.07, 6.45) is 3.31. The number of carbonyl (C=O) groups is 2. The summed E-state index contributed by atoms with van der Waals surface area (Å²) in [5.41, 5.74) is 1.06. The molecule has 0 bridgehead atoms. The van der Waals surface area contributed by atoms with E-state index in [2.05, 4.69) is 5.32 Å². The molecule has 0 saturated carbocycles. The van der Waals surface area contributed by atoms with Crippen LogP contribution in [0.1, 0.15) is 4.88 Å². The fourth-order valence-electron chi connectivity index (χ4n) is 2.32. The second-order valence-corrected chi connectivity index (χ2v) is 6.71. The van der Waals surface area contributed by atoms with Crippen LogP contribution in [0.2, 0.25) is 5.02 Å². The van der Waals surface area contributed by atoms with Gasteiger partial charge in [-0.3, -0.25) is 9.59 Å². The highest BCUT2D eigenvalue weighted by atomic mass is 35.5. The van der Waals surface area contributed by atoms with Crippen LogP contribution in [0.15, 0.2) is 42.5 Å². The highest BCUT2D eigenvalue weighted by Crippen LogP contribution is 2.30. The molecule has 0 aliphatic carbocycles. The number of rotatable bonds is 3. The predicted molar refractivity (Wildman–Crippen MR) is 93.4 cm³/mol. The van der Waals surface area contributed by atoms with Crippen LogP contribution in [0.5, 0.6) is 0 Å². The van der Waals surface area contributed by atoms with Crippen molar-refractivity contribution in [3.05, 3.63) is 52.4 Å². The lowest BCUT2D eigenvalue weighted by molar-refractivity contribution is -0.134. The summed E-state index contributed by atoms with van der Waals surface area (Å²) < 4.78 is 0. The van der Waals surface area contributed by atoms with Gasteiger partial charge in [0, 0.05) is 33.9 Å². The summed E-state index contributed by atoms with van der Waals surface area (Å²) in [6, 6.07) is 11.6. The molecule has 0 spiro atoms. The second-order valence-electron chi connectivity index (χ2n) is 5.16. The third-order valence-electron chi connectivity index (χ3n) is 3.48. The molecule has 2 amide bonds. The number of nitrogens with one attached hydrogen (secondary N) is 1. The van der Waals surface area contributed by atoms with Crippen LogP contribution in [-0.4, -0.2) is 36.3 Å². The van der Waals surface area contributed by atoms with Gasteiger partial charge in [0.05, 0.1) is 6.54 Å². The molecule has 1 aliphatic rings. The minimum absolute atomic E-state index is 0.114. The van der Waals surface area contributed by atoms with Crippen molar-refractivity contribution in [2.24, 2.45) is 0 Å². The lowest BCUT2D eigenvalue weighted by Crippen LogP contribution is -2.49. The van der Waals surface area contributed by atoms with Gasteiger partial charge in [0.1, 0.15) is 0 Å². The number of halogens is 1. The van der Waals surface area contributed by atoms with Crippen molar-refractivity contribution in [1.82, 2.24) is 10.2 Å². The SMILES string of the molecule is O=C1CN(C(=O)/C=C/c2ccc(-c3cccc(Cl)c3)s2)CCN1. The van der Waals surface area contributed by atoms with Crippen LogP contribution in [0.3, 0.4) is 0 Å². The Labute approximate surface area is 143 Å². The fraction of sp³-hybridized carbons (Fsp3) is 0.176. The smallest absolute Gasteiger partial charge is 0.247 e. The van der Waals surface area contributed by atoms with Gasteiger partial charge in [-0.25, -0.2) is 0 Å². The molecule has 2 aromatic rings. The summed E-state index contributed by atoms with van der Waals surface area (Å²) in [7, 11) is 0. The van der Waals surface area contributed by atoms with Crippen molar-refractivity contribution in [2.45, 2.75) is 0 Å². The maximum absolute atomic E-state index is 12.1. The molecule has 4 nitrogen and oxygen atoms in total. The van der Waals surface area contributed by atoms with Crippen LogP contribution in [-0.2, 0) is 9.59 Å². The molecule has 1 aliphatic heterocycles. The number of nitrogens with zero attached hydrogens (tertiary/aromatic N) is 1. The quantitative estimate of drug-likeness (QED) is 0.868. The molecule has 0 radical (unpaired) electrons. The number of hydrogen-bond acceptors (Lipinski definition) is 3. The van der Waals surface area contributed by atoms with Gasteiger partial charge in [-0.05, 0) is 35.9 Å². The summed E-state index contributed by atoms with van der Waals surface area (Å²) >= 11 is 7.60. The molecule has 1 N–H and O–H groups in total. The summed E-state index contributed by atoms with van der Waals surface area (Å²) in [6.45, 7) is 1.19. The molecular formula is C17H15ClN2O2S. The van der Waals surface area contributed by atoms with E-state index in [1.54, 1.807) is 22.3 Å². The first kappa shape index (κ1) is 15.8. The van der Waals surface area contributed by atoms with E-state index in [0.717, 1.165) is 15.3 Å². The number of amides is 2. The Hall–Kier alpha value is -2.11. The summed E-state index contributed by atoms with van der Waals surface area (Å²) in [5.74, 6) is -0.255. The number of piperazine rings is 1. The largest absolute Gasteiger partial charge is 0.353 e. The van der Waals surface area contributed by atoms with Gasteiger partial charge in [-0.2, -0.15) is 0 Å². The van der Waals surface area contributed by atoms with Crippen LogP contribution >= 0.6 is 22.9 Å². The predicted octanol–water partition coefficient (Wildman–Crippen LogP) is 3.04. The summed E-state index contributed by atoms with van der Waals surface area (Å²) in [4.78, 5) is 27.0. The van der Waals surface area contributed by atoms with Crippen molar-refractivity contribution in [2.75, 3.05) is 19.6 Å². The standard InChI is InChI=1S/C17H15ClN2O2S/c18-13-3-1-2-12(10-13)15-6-4-14(23-15)5-7-17(22)20-9-8-19-16(21)11-20/h1-7,10H,8-9,11H2,(H,19,21)/b7-5+. The van der Waals surface area contributed by atoms with Crippen LogP contribution in [0, 0.1) is 0 Å². The highest BCUT2D eigenvalue weighted by Gasteiger charge is 2.18. The van der Waals surface area contributed by atoms with E-state index in [4.69, 9.17) is 11.6 Å². The molecule has 118 valence electrons. The Morgan fingerprint density at radius 3 is 2.96 bits per heavy atom. The molecule has 2 heterocycles. The lowest BCUT2D eigenvalue weighted by Gasteiger charge is -2.25. The molecule has 6 heteroatoms. The lowest BCUT2D eigenvalue weighted by atomic mass is 10.2. The first-order chi connectivity index (χ1) is 11.1. The normalized spacial score (nSPS) is 15.0. The third-order valence-corrected chi connectivity index (χ3v) is 4.81. The molecule has 0 atom stereocenters. The van der Waals surface area contributed by atoms with Crippen molar-refractivity contribution < 1.29 is 9.59 Å². The maximum Gasteiger partial charge on any atom is 0.247 e. The molecule has 1 saturated heterocycles. The van der Waals surface area contributed by atoms with E-state index in [0.29, 0.717) is 18.1 Å². The van der Waals surface area contributed by atoms with Crippen molar-refractivity contribution in [1.29, 1.82) is 0 Å². The van der Waals surface area contributed by atoms with E-state index in [1.165, 1.54) is 6.08 Å². The monoisotopic (exact) mass is 346 g/mol. The van der Waals surface area contributed by atoms with Gasteiger partial charge in [-0.15, -0.1) is 11.3 Å². The first-order valence-electron chi connectivity index (χ1n) is 7.21. The Morgan fingerprint density at radius 1 is 1.30 bits per heavy atom. The van der Waals surface area contributed by atoms with Gasteiger partial charge in [0.25, 0.3) is 0 Å². The summed E-state index contributed by atoms with van der Waals surface area (Å²) in [5, 5.41) is 3.40. The molecule has 1 fully saturated rings. The molecule has 3 rings (SSSR count). The molecular weight excluding hydrogens is 332 g/mol. The molecule has 23 heavy (non-hydrogen) atoms. The average Bonchev–Trinajstić information content (AvgIpc) is 3.01. The van der Waals surface area contributed by atoms with E-state index >= 15 is 0 Å². The third kappa shape index (κ3) is 4.00. The number of hydrogen-bond donors (Lipinski definition) is 1. The second kappa shape index (κ2) is 6.98. The number of thiophene rings is 1. The zero-order valence-corrected chi connectivity index (χ0v) is 13.9. The van der Waals surface area contributed by atoms with E-state index < -0.39 is 0 Å². The van der Waals surface area contributed by atoms with Crippen molar-refractivity contribution in [3.63, 3.8) is 0 Å².